The largest absolute Gasteiger partial charge is 0.508 e. The first-order valence-electron chi connectivity index (χ1n) is 31.9. The van der Waals surface area contributed by atoms with Gasteiger partial charge in [0.25, 0.3) is 5.91 Å². The van der Waals surface area contributed by atoms with E-state index in [9.17, 15) is 75.1 Å². The highest BCUT2D eigenvalue weighted by atomic mass is 35.5. The predicted molar refractivity (Wildman–Crippen MR) is 352 cm³/mol. The monoisotopic (exact) mass is 1450 g/mol. The van der Waals surface area contributed by atoms with E-state index in [4.69, 9.17) is 42.1 Å². The summed E-state index contributed by atoms with van der Waals surface area (Å²) in [6.45, 7) is 4.73. The molecule has 11 rings (SSSR count). The highest BCUT2D eigenvalue weighted by Gasteiger charge is 2.47. The standard InChI is InChI=1S/C66H76Cl2N10O23/c1-5-6-7-8-15-70-66(96)72-45(83)24-37-59(90)73-48-30-20-42(98-40-13-10-28(18-34(40)67)52(84)50(62(93)71-37)76-58(89)36(69-4)16-26(2)3)57(101-65-56(88)55(87)54(86)44(25-79)100-65)43(21-30)99-41-14-11-29(19-35(41)68)53(85)51-63(94)75-49(64(95)78-97)33-22-31(80)23-39(82)46(33)32-17-27(9-12-38(32)81)47(60(91)77-51)74-61(48)92/h9-14,17-23,26,36-37,44,47-56,65,69,79-82,84-88,97H,5-8,15-16,24-25H2,1-4H3,(H,71,93)(H,73,90)(H,74,92)(H,75,94)(H,76,89)(H,77,91)(H,78,95)(H2,70,72,83,96)/t36-,37?,44-,47-,48?,49-,50?,51+,52-,53-,54-,55+,56-,65-/m1/s1. The number of unbranched alkanes of at least 4 members (excludes halogenated alkanes) is 3. The van der Waals surface area contributed by atoms with Crippen LogP contribution in [0.1, 0.15) is 117 Å². The minimum Gasteiger partial charge on any atom is -0.508 e. The number of phenolic OH excluding ortho intramolecular Hbond substituents is 3. The number of likely N-dealkylation sites (N-methyl/N-ethyl adjacent to an activating group) is 1. The average Bonchev–Trinajstić information content (AvgIpc) is 0.769. The number of fused-ring (bicyclic) bond motifs is 15. The Kier molecular flexibility index (Phi) is 24.5. The van der Waals surface area contributed by atoms with Gasteiger partial charge in [0.2, 0.25) is 53.4 Å². The lowest BCUT2D eigenvalue weighted by atomic mass is 9.89. The topological polar surface area (TPSA) is 513 Å². The molecule has 5 aromatic rings. The molecule has 5 aromatic carbocycles. The Morgan fingerprint density at radius 1 is 0.653 bits per heavy atom. The van der Waals surface area contributed by atoms with Crippen LogP contribution in [0.2, 0.25) is 10.0 Å². The summed E-state index contributed by atoms with van der Waals surface area (Å²) in [5, 5.41) is 134. The molecular formula is C66H76Cl2N10O23. The molecule has 35 heteroatoms. The van der Waals surface area contributed by atoms with Gasteiger partial charge in [-0.15, -0.1) is 0 Å². The van der Waals surface area contributed by atoms with Crippen LogP contribution in [-0.4, -0.2) is 180 Å². The summed E-state index contributed by atoms with van der Waals surface area (Å²) in [4.78, 5) is 132. The molecule has 1 fully saturated rings. The van der Waals surface area contributed by atoms with Gasteiger partial charge in [-0.2, -0.15) is 0 Å². The van der Waals surface area contributed by atoms with Crippen molar-refractivity contribution in [3.05, 3.63) is 117 Å². The minimum absolute atomic E-state index is 0.107. The second-order valence-corrected chi connectivity index (χ2v) is 25.5. The fraction of sp³-hybridized carbons (Fsp3) is 0.409. The van der Waals surface area contributed by atoms with Gasteiger partial charge < -0.3 is 107 Å². The third-order valence-electron chi connectivity index (χ3n) is 17.1. The molecule has 0 saturated carbocycles. The lowest BCUT2D eigenvalue weighted by Crippen LogP contribution is -2.60. The van der Waals surface area contributed by atoms with Crippen LogP contribution in [0, 0.1) is 5.92 Å². The number of nitrogens with one attached hydrogen (secondary N) is 10. The number of ether oxygens (including phenoxy) is 4. The number of halogens is 2. The lowest BCUT2D eigenvalue weighted by Gasteiger charge is -2.39. The van der Waals surface area contributed by atoms with Crippen LogP contribution in [0.15, 0.2) is 78.9 Å². The number of rotatable bonds is 16. The van der Waals surface area contributed by atoms with E-state index >= 15 is 19.2 Å². The molecule has 0 aliphatic carbocycles. The maximum absolute atomic E-state index is 16.1. The van der Waals surface area contributed by atoms with Gasteiger partial charge >= 0.3 is 6.03 Å². The zero-order chi connectivity index (χ0) is 73.4. The highest BCUT2D eigenvalue weighted by molar-refractivity contribution is 6.32. The van der Waals surface area contributed by atoms with Crippen LogP contribution in [0.3, 0.4) is 0 Å². The van der Waals surface area contributed by atoms with Gasteiger partial charge in [0, 0.05) is 23.7 Å². The lowest BCUT2D eigenvalue weighted by molar-refractivity contribution is -0.277. The normalized spacial score (nSPS) is 24.7. The van der Waals surface area contributed by atoms with Crippen molar-refractivity contribution in [3.8, 4) is 57.1 Å². The summed E-state index contributed by atoms with van der Waals surface area (Å²) in [5.74, 6) is -15.8. The Morgan fingerprint density at radius 2 is 1.28 bits per heavy atom. The summed E-state index contributed by atoms with van der Waals surface area (Å²) < 4.78 is 25.0. The van der Waals surface area contributed by atoms with E-state index in [-0.39, 0.29) is 46.3 Å². The Bertz CT molecular complexity index is 4000. The Morgan fingerprint density at radius 3 is 1.89 bits per heavy atom. The first-order chi connectivity index (χ1) is 48.0. The number of carbonyl (C=O) groups is 9. The molecule has 3 unspecified atom stereocenters. The molecule has 6 aliphatic heterocycles. The van der Waals surface area contributed by atoms with E-state index in [0.29, 0.717) is 6.42 Å². The van der Waals surface area contributed by atoms with Gasteiger partial charge in [0.15, 0.2) is 11.5 Å². The van der Waals surface area contributed by atoms with Crippen molar-refractivity contribution in [1.82, 2.24) is 53.3 Å². The van der Waals surface area contributed by atoms with Crippen LogP contribution in [0.25, 0.3) is 11.1 Å². The number of aromatic hydroxyl groups is 3. The number of hydrogen-bond acceptors (Lipinski definition) is 24. The summed E-state index contributed by atoms with van der Waals surface area (Å²) >= 11 is 14.0. The number of aliphatic hydroxyl groups excluding tert-OH is 6. The molecule has 10 amide bonds. The van der Waals surface area contributed by atoms with Gasteiger partial charge in [-0.1, -0.05) is 81.4 Å². The van der Waals surface area contributed by atoms with Crippen molar-refractivity contribution in [2.45, 2.75) is 145 Å². The zero-order valence-electron chi connectivity index (χ0n) is 54.4. The van der Waals surface area contributed by atoms with Crippen molar-refractivity contribution in [1.29, 1.82) is 0 Å². The first-order valence-corrected chi connectivity index (χ1v) is 32.7. The van der Waals surface area contributed by atoms with Gasteiger partial charge in [0.05, 0.1) is 29.1 Å². The van der Waals surface area contributed by atoms with E-state index in [1.807, 2.05) is 20.8 Å². The van der Waals surface area contributed by atoms with Crippen molar-refractivity contribution in [3.63, 3.8) is 0 Å². The molecule has 6 heterocycles. The number of hydroxylamine groups is 1. The number of amides is 10. The molecule has 6 aliphatic rings. The number of benzene rings is 5. The van der Waals surface area contributed by atoms with Gasteiger partial charge in [-0.05, 0) is 108 Å². The van der Waals surface area contributed by atoms with Crippen LogP contribution in [-0.2, 0) is 43.1 Å². The number of hydrogen-bond donors (Lipinski definition) is 20. The van der Waals surface area contributed by atoms with E-state index in [0.717, 1.165) is 86.0 Å². The fourth-order valence-electron chi connectivity index (χ4n) is 11.8. The van der Waals surface area contributed by atoms with Gasteiger partial charge in [0.1, 0.15) is 102 Å². The number of phenols is 3. The Hall–Kier alpha value is -9.65. The molecule has 33 nitrogen and oxygen atoms in total. The molecule has 101 heavy (non-hydrogen) atoms. The molecule has 542 valence electrons. The van der Waals surface area contributed by atoms with Crippen molar-refractivity contribution in [2.24, 2.45) is 5.92 Å². The first kappa shape index (κ1) is 75.5. The Labute approximate surface area is 585 Å². The predicted octanol–water partition coefficient (Wildman–Crippen LogP) is 1.21. The highest BCUT2D eigenvalue weighted by Crippen LogP contribution is 2.49. The van der Waals surface area contributed by atoms with Crippen LogP contribution >= 0.6 is 23.2 Å². The van der Waals surface area contributed by atoms with E-state index < -0.39 is 219 Å². The summed E-state index contributed by atoms with van der Waals surface area (Å²) in [7, 11) is 1.47. The third kappa shape index (κ3) is 17.2. The second-order valence-electron chi connectivity index (χ2n) is 24.7. The number of imide groups is 1. The van der Waals surface area contributed by atoms with Crippen LogP contribution < -0.4 is 67.5 Å². The molecular weight excluding hydrogens is 1370 g/mol. The molecule has 0 radical (unpaired) electrons. The minimum atomic E-state index is -2.38. The van der Waals surface area contributed by atoms with Crippen molar-refractivity contribution in [2.75, 3.05) is 20.2 Å². The quantitative estimate of drug-likeness (QED) is 0.0375. The molecule has 0 spiro atoms. The van der Waals surface area contributed by atoms with Gasteiger partial charge in [-0.25, -0.2) is 10.3 Å². The summed E-state index contributed by atoms with van der Waals surface area (Å²) in [5.41, 5.74) is -1.47. The number of carbonyl (C=O) groups excluding carboxylic acids is 9. The maximum atomic E-state index is 16.1. The molecule has 20 N–H and O–H groups in total. The van der Waals surface area contributed by atoms with Crippen LogP contribution in [0.5, 0.6) is 46.0 Å². The third-order valence-corrected chi connectivity index (χ3v) is 17.7. The maximum Gasteiger partial charge on any atom is 0.321 e. The van der Waals surface area contributed by atoms with Gasteiger partial charge in [-0.3, -0.25) is 48.9 Å². The number of aliphatic hydroxyl groups is 6. The average molecular weight is 1450 g/mol. The molecule has 0 aromatic heterocycles. The van der Waals surface area contributed by atoms with E-state index in [2.05, 4.69) is 47.9 Å². The Balaban J connectivity index is 1.31. The van der Waals surface area contributed by atoms with Crippen molar-refractivity contribution >= 4 is 76.5 Å². The van der Waals surface area contributed by atoms with E-state index in [1.54, 1.807) is 0 Å². The summed E-state index contributed by atoms with van der Waals surface area (Å²) in [6.07, 6.45) is -12.3. The fourth-order valence-corrected chi connectivity index (χ4v) is 12.2. The molecule has 14 atom stereocenters. The second kappa shape index (κ2) is 32.8. The SMILES string of the molecule is CCCCCCNC(=O)NC(=O)CC1NC(=O)C(NC(=O)[C@@H](CC(C)C)NC)[C@H](O)c2ccc(c(Cl)c2)Oc2cc3cc(c2O[C@H]2O[C@H](CO)[C@@H](O)[C@H](O)[C@H]2O)Oc2ccc(cc2Cl)[C@@H](O)[C@@H]2NC(=O)[C@H](NC(=O)C3NC1=O)c1ccc(O)c(c1)-c1c(O)cc(O)cc1[C@H](C(=O)NO)NC2=O. The smallest absolute Gasteiger partial charge is 0.321 e. The molecule has 1 saturated heterocycles. The number of urea groups is 1. The van der Waals surface area contributed by atoms with Crippen molar-refractivity contribution < 1.29 is 113 Å². The summed E-state index contributed by atoms with van der Waals surface area (Å²) in [6, 6.07) is -1.97. The van der Waals surface area contributed by atoms with Crippen LogP contribution in [0.4, 0.5) is 4.79 Å². The van der Waals surface area contributed by atoms with E-state index in [1.165, 1.54) is 24.7 Å². The zero-order valence-corrected chi connectivity index (χ0v) is 55.9. The molecule has 11 bridgehead atoms.